The maximum Gasteiger partial charge on any atom is 0.242 e. The summed E-state index contributed by atoms with van der Waals surface area (Å²) in [6.45, 7) is 5.47. The third-order valence-corrected chi connectivity index (χ3v) is 3.96. The number of aryl methyl sites for hydroxylation is 1. The van der Waals surface area contributed by atoms with E-state index in [4.69, 9.17) is 5.73 Å². The van der Waals surface area contributed by atoms with Crippen molar-refractivity contribution in [2.75, 3.05) is 6.54 Å². The Kier molecular flexibility index (Phi) is 3.71. The highest BCUT2D eigenvalue weighted by molar-refractivity contribution is 5.87. The summed E-state index contributed by atoms with van der Waals surface area (Å²) < 4.78 is 0. The monoisotopic (exact) mass is 246 g/mol. The fraction of sp³-hybridized carbons (Fsp3) is 0.533. The van der Waals surface area contributed by atoms with E-state index in [2.05, 4.69) is 19.1 Å². The first-order valence-electron chi connectivity index (χ1n) is 6.69. The Bertz CT molecular complexity index is 438. The summed E-state index contributed by atoms with van der Waals surface area (Å²) in [5.41, 5.74) is 7.97. The second kappa shape index (κ2) is 5.11. The van der Waals surface area contributed by atoms with Crippen LogP contribution in [0, 0.1) is 6.92 Å². The fourth-order valence-electron chi connectivity index (χ4n) is 2.41. The zero-order chi connectivity index (χ0) is 13.2. The summed E-state index contributed by atoms with van der Waals surface area (Å²) in [7, 11) is 0. The second-order valence-corrected chi connectivity index (χ2v) is 5.26. The molecule has 0 radical (unpaired) electrons. The Morgan fingerprint density at radius 2 is 2.06 bits per heavy atom. The Balaban J connectivity index is 2.10. The number of rotatable bonds is 4. The number of nitrogens with zero attached hydrogens (tertiary/aromatic N) is 1. The highest BCUT2D eigenvalue weighted by atomic mass is 16.2. The van der Waals surface area contributed by atoms with Gasteiger partial charge in [0.05, 0.1) is 5.54 Å². The average molecular weight is 246 g/mol. The molecule has 3 heteroatoms. The molecule has 1 amide bonds. The first kappa shape index (κ1) is 13.1. The van der Waals surface area contributed by atoms with Gasteiger partial charge >= 0.3 is 0 Å². The van der Waals surface area contributed by atoms with Crippen molar-refractivity contribution in [3.8, 4) is 0 Å². The van der Waals surface area contributed by atoms with E-state index in [9.17, 15) is 4.79 Å². The molecule has 0 spiro atoms. The van der Waals surface area contributed by atoms with E-state index < -0.39 is 5.54 Å². The predicted molar refractivity (Wildman–Crippen MR) is 73.0 cm³/mol. The van der Waals surface area contributed by atoms with Gasteiger partial charge in [-0.2, -0.15) is 0 Å². The van der Waals surface area contributed by atoms with E-state index in [1.807, 2.05) is 24.0 Å². The number of benzene rings is 1. The normalized spacial score (nSPS) is 17.1. The zero-order valence-corrected chi connectivity index (χ0v) is 11.3. The van der Waals surface area contributed by atoms with Crippen LogP contribution in [0.4, 0.5) is 0 Å². The van der Waals surface area contributed by atoms with Crippen LogP contribution in [0.15, 0.2) is 24.3 Å². The van der Waals surface area contributed by atoms with Gasteiger partial charge in [-0.15, -0.1) is 0 Å². The summed E-state index contributed by atoms with van der Waals surface area (Å²) in [6.07, 6.45) is 2.73. The van der Waals surface area contributed by atoms with Crippen molar-refractivity contribution in [2.24, 2.45) is 5.73 Å². The molecule has 0 atom stereocenters. The van der Waals surface area contributed by atoms with Crippen molar-refractivity contribution in [3.63, 3.8) is 0 Å². The van der Waals surface area contributed by atoms with Crippen molar-refractivity contribution in [1.82, 2.24) is 4.90 Å². The average Bonchev–Trinajstić information content (AvgIpc) is 2.34. The lowest BCUT2D eigenvalue weighted by atomic mass is 9.76. The Morgan fingerprint density at radius 3 is 2.56 bits per heavy atom. The lowest BCUT2D eigenvalue weighted by Gasteiger charge is -2.40. The van der Waals surface area contributed by atoms with Crippen molar-refractivity contribution < 1.29 is 4.79 Å². The SMILES string of the molecule is CCN(Cc1ccccc1C)C(=O)C1(N)CCC1. The van der Waals surface area contributed by atoms with Crippen LogP contribution < -0.4 is 5.73 Å². The Labute approximate surface area is 109 Å². The summed E-state index contributed by atoms with van der Waals surface area (Å²) in [5, 5.41) is 0. The number of hydrogen-bond donors (Lipinski definition) is 1. The minimum absolute atomic E-state index is 0.111. The van der Waals surface area contributed by atoms with Crippen LogP contribution >= 0.6 is 0 Å². The second-order valence-electron chi connectivity index (χ2n) is 5.26. The van der Waals surface area contributed by atoms with Crippen molar-refractivity contribution in [1.29, 1.82) is 0 Å². The van der Waals surface area contributed by atoms with Gasteiger partial charge in [-0.25, -0.2) is 0 Å². The van der Waals surface area contributed by atoms with Gasteiger partial charge < -0.3 is 10.6 Å². The van der Waals surface area contributed by atoms with Crippen LogP contribution in [0.3, 0.4) is 0 Å². The highest BCUT2D eigenvalue weighted by Gasteiger charge is 2.42. The van der Waals surface area contributed by atoms with Crippen LogP contribution in [-0.4, -0.2) is 22.9 Å². The number of carbonyl (C=O) groups excluding carboxylic acids is 1. The first-order valence-corrected chi connectivity index (χ1v) is 6.69. The van der Waals surface area contributed by atoms with Gasteiger partial charge in [0.25, 0.3) is 0 Å². The van der Waals surface area contributed by atoms with Gasteiger partial charge in [0.15, 0.2) is 0 Å². The maximum absolute atomic E-state index is 12.4. The van der Waals surface area contributed by atoms with E-state index in [1.54, 1.807) is 0 Å². The molecule has 98 valence electrons. The van der Waals surface area contributed by atoms with Crippen LogP contribution in [0.1, 0.15) is 37.3 Å². The van der Waals surface area contributed by atoms with Gasteiger partial charge in [-0.1, -0.05) is 24.3 Å². The number of nitrogens with two attached hydrogens (primary N) is 1. The minimum atomic E-state index is -0.585. The number of likely N-dealkylation sites (N-methyl/N-ethyl adjacent to an activating group) is 1. The first-order chi connectivity index (χ1) is 8.57. The molecule has 18 heavy (non-hydrogen) atoms. The molecule has 1 aromatic carbocycles. The lowest BCUT2D eigenvalue weighted by molar-refractivity contribution is -0.140. The number of hydrogen-bond acceptors (Lipinski definition) is 2. The van der Waals surface area contributed by atoms with E-state index in [0.29, 0.717) is 13.1 Å². The number of carbonyl (C=O) groups is 1. The predicted octanol–water partition coefficient (Wildman–Crippen LogP) is 2.22. The van der Waals surface area contributed by atoms with Gasteiger partial charge in [0, 0.05) is 13.1 Å². The summed E-state index contributed by atoms with van der Waals surface area (Å²) in [4.78, 5) is 14.3. The number of amides is 1. The van der Waals surface area contributed by atoms with E-state index in [1.165, 1.54) is 11.1 Å². The molecule has 2 N–H and O–H groups in total. The summed E-state index contributed by atoms with van der Waals surface area (Å²) in [6, 6.07) is 8.19. The van der Waals surface area contributed by atoms with E-state index in [0.717, 1.165) is 19.3 Å². The molecular weight excluding hydrogens is 224 g/mol. The van der Waals surface area contributed by atoms with Crippen LogP contribution in [0.2, 0.25) is 0 Å². The minimum Gasteiger partial charge on any atom is -0.337 e. The topological polar surface area (TPSA) is 46.3 Å². The zero-order valence-electron chi connectivity index (χ0n) is 11.3. The van der Waals surface area contributed by atoms with Gasteiger partial charge in [0.1, 0.15) is 0 Å². The van der Waals surface area contributed by atoms with Gasteiger partial charge in [-0.3, -0.25) is 4.79 Å². The molecule has 1 aliphatic rings. The molecule has 0 aromatic heterocycles. The third kappa shape index (κ3) is 2.41. The molecule has 1 aromatic rings. The molecule has 1 saturated carbocycles. The quantitative estimate of drug-likeness (QED) is 0.885. The third-order valence-electron chi connectivity index (χ3n) is 3.96. The largest absolute Gasteiger partial charge is 0.337 e. The summed E-state index contributed by atoms with van der Waals surface area (Å²) >= 11 is 0. The lowest BCUT2D eigenvalue weighted by Crippen LogP contribution is -2.59. The highest BCUT2D eigenvalue weighted by Crippen LogP contribution is 2.31. The van der Waals surface area contributed by atoms with Gasteiger partial charge in [0.2, 0.25) is 5.91 Å². The maximum atomic E-state index is 12.4. The smallest absolute Gasteiger partial charge is 0.242 e. The van der Waals surface area contributed by atoms with Crippen molar-refractivity contribution in [2.45, 2.75) is 45.2 Å². The Hall–Kier alpha value is -1.35. The van der Waals surface area contributed by atoms with Crippen molar-refractivity contribution >= 4 is 5.91 Å². The molecule has 0 bridgehead atoms. The van der Waals surface area contributed by atoms with Crippen LogP contribution in [0.25, 0.3) is 0 Å². The van der Waals surface area contributed by atoms with Crippen LogP contribution in [-0.2, 0) is 11.3 Å². The molecule has 0 heterocycles. The molecule has 2 rings (SSSR count). The van der Waals surface area contributed by atoms with Crippen molar-refractivity contribution in [3.05, 3.63) is 35.4 Å². The molecule has 0 unspecified atom stereocenters. The fourth-order valence-corrected chi connectivity index (χ4v) is 2.41. The molecule has 3 nitrogen and oxygen atoms in total. The molecule has 0 aliphatic heterocycles. The molecule has 1 aliphatic carbocycles. The van der Waals surface area contributed by atoms with Crippen LogP contribution in [0.5, 0.6) is 0 Å². The van der Waals surface area contributed by atoms with Gasteiger partial charge in [-0.05, 0) is 44.2 Å². The molecule has 1 fully saturated rings. The Morgan fingerprint density at radius 1 is 1.39 bits per heavy atom. The van der Waals surface area contributed by atoms with E-state index in [-0.39, 0.29) is 5.91 Å². The standard InChI is InChI=1S/C15H22N2O/c1-3-17(14(18)15(16)9-6-10-15)11-13-8-5-4-7-12(13)2/h4-5,7-8H,3,6,9-11,16H2,1-2H3. The molecular formula is C15H22N2O. The van der Waals surface area contributed by atoms with E-state index >= 15 is 0 Å². The summed E-state index contributed by atoms with van der Waals surface area (Å²) in [5.74, 6) is 0.111. The molecule has 0 saturated heterocycles.